The Kier molecular flexibility index (Phi) is 4.20. The molecule has 10 heteroatoms. The summed E-state index contributed by atoms with van der Waals surface area (Å²) in [6, 6.07) is 0.967. The minimum atomic E-state index is -1.39. The zero-order valence-corrected chi connectivity index (χ0v) is 11.3. The van der Waals surface area contributed by atoms with Gasteiger partial charge in [0.05, 0.1) is 24.1 Å². The first-order valence-corrected chi connectivity index (χ1v) is 6.15. The van der Waals surface area contributed by atoms with Gasteiger partial charge in [-0.05, 0) is 0 Å². The molecule has 1 aromatic rings. The molecule has 1 aliphatic heterocycles. The molecule has 1 atom stereocenters. The fourth-order valence-corrected chi connectivity index (χ4v) is 1.97. The number of nitro benzene ring substituents is 1. The molecule has 1 aliphatic rings. The van der Waals surface area contributed by atoms with Gasteiger partial charge >= 0.3 is 6.09 Å². The summed E-state index contributed by atoms with van der Waals surface area (Å²) in [5.74, 6) is -3.05. The monoisotopic (exact) mass is 315 g/mol. The Morgan fingerprint density at radius 3 is 2.73 bits per heavy atom. The molecule has 0 saturated carbocycles. The lowest BCUT2D eigenvalue weighted by Gasteiger charge is -2.13. The molecule has 1 saturated heterocycles. The molecule has 0 unspecified atom stereocenters. The number of nitro groups is 1. The summed E-state index contributed by atoms with van der Waals surface area (Å²) in [5, 5.41) is 13.4. The summed E-state index contributed by atoms with van der Waals surface area (Å²) in [4.78, 5) is 33.4. The normalized spacial score (nSPS) is 17.3. The number of anilines is 1. The predicted molar refractivity (Wildman–Crippen MR) is 69.3 cm³/mol. The van der Waals surface area contributed by atoms with Gasteiger partial charge in [-0.3, -0.25) is 19.8 Å². The van der Waals surface area contributed by atoms with E-state index in [0.29, 0.717) is 12.1 Å². The van der Waals surface area contributed by atoms with Crippen molar-refractivity contribution in [2.75, 3.05) is 18.0 Å². The van der Waals surface area contributed by atoms with E-state index in [1.807, 2.05) is 0 Å². The summed E-state index contributed by atoms with van der Waals surface area (Å²) >= 11 is 0. The highest BCUT2D eigenvalue weighted by atomic mass is 19.2. The summed E-state index contributed by atoms with van der Waals surface area (Å²) < 4.78 is 31.4. The molecule has 0 spiro atoms. The van der Waals surface area contributed by atoms with E-state index in [4.69, 9.17) is 4.74 Å². The van der Waals surface area contributed by atoms with Crippen molar-refractivity contribution < 1.29 is 28.0 Å². The number of cyclic esters (lactones) is 1. The Morgan fingerprint density at radius 1 is 1.50 bits per heavy atom. The fourth-order valence-electron chi connectivity index (χ4n) is 1.97. The third-order valence-electron chi connectivity index (χ3n) is 2.96. The SMILES string of the molecule is CC(=O)NC[C@H]1CN(c2cc(F)c(F)cc2[N+](=O)[O-])C(=O)O1. The number of carbonyl (C=O) groups is 2. The highest BCUT2D eigenvalue weighted by Crippen LogP contribution is 2.33. The van der Waals surface area contributed by atoms with Crippen LogP contribution < -0.4 is 10.2 Å². The van der Waals surface area contributed by atoms with E-state index in [-0.39, 0.29) is 19.0 Å². The first kappa shape index (κ1) is 15.6. The maximum atomic E-state index is 13.3. The van der Waals surface area contributed by atoms with E-state index in [1.54, 1.807) is 0 Å². The van der Waals surface area contributed by atoms with Gasteiger partial charge in [0, 0.05) is 13.0 Å². The number of nitrogens with zero attached hydrogens (tertiary/aromatic N) is 2. The average Bonchev–Trinajstić information content (AvgIpc) is 2.80. The van der Waals surface area contributed by atoms with E-state index in [0.717, 1.165) is 4.90 Å². The van der Waals surface area contributed by atoms with Crippen molar-refractivity contribution >= 4 is 23.4 Å². The number of hydrogen-bond donors (Lipinski definition) is 1. The third kappa shape index (κ3) is 3.10. The molecule has 0 aliphatic carbocycles. The highest BCUT2D eigenvalue weighted by Gasteiger charge is 2.36. The molecule has 8 nitrogen and oxygen atoms in total. The lowest BCUT2D eigenvalue weighted by Crippen LogP contribution is -2.33. The van der Waals surface area contributed by atoms with Crippen molar-refractivity contribution in [1.29, 1.82) is 0 Å². The van der Waals surface area contributed by atoms with Gasteiger partial charge in [-0.25, -0.2) is 13.6 Å². The van der Waals surface area contributed by atoms with Crippen LogP contribution in [0.25, 0.3) is 0 Å². The molecular weight excluding hydrogens is 304 g/mol. The second kappa shape index (κ2) is 5.92. The second-order valence-electron chi connectivity index (χ2n) is 4.57. The first-order chi connectivity index (χ1) is 10.3. The lowest BCUT2D eigenvalue weighted by molar-refractivity contribution is -0.384. The van der Waals surface area contributed by atoms with Crippen molar-refractivity contribution in [2.24, 2.45) is 0 Å². The quantitative estimate of drug-likeness (QED) is 0.667. The number of benzene rings is 1. The van der Waals surface area contributed by atoms with Crippen LogP contribution in [0, 0.1) is 21.7 Å². The first-order valence-electron chi connectivity index (χ1n) is 6.15. The fraction of sp³-hybridized carbons (Fsp3) is 0.333. The van der Waals surface area contributed by atoms with E-state index in [2.05, 4.69) is 5.32 Å². The van der Waals surface area contributed by atoms with E-state index in [9.17, 15) is 28.5 Å². The molecule has 1 N–H and O–H groups in total. The molecule has 2 rings (SSSR count). The Morgan fingerprint density at radius 2 is 2.14 bits per heavy atom. The molecule has 118 valence electrons. The number of carbonyl (C=O) groups excluding carboxylic acids is 2. The van der Waals surface area contributed by atoms with Gasteiger partial charge in [-0.15, -0.1) is 0 Å². The summed E-state index contributed by atoms with van der Waals surface area (Å²) in [6.45, 7) is 1.15. The van der Waals surface area contributed by atoms with Crippen molar-refractivity contribution in [3.8, 4) is 0 Å². The zero-order valence-electron chi connectivity index (χ0n) is 11.3. The van der Waals surface area contributed by atoms with Gasteiger partial charge in [0.25, 0.3) is 5.69 Å². The maximum absolute atomic E-state index is 13.3. The van der Waals surface area contributed by atoms with E-state index >= 15 is 0 Å². The van der Waals surface area contributed by atoms with Gasteiger partial charge in [0.15, 0.2) is 11.6 Å². The van der Waals surface area contributed by atoms with Crippen LogP contribution in [0.5, 0.6) is 0 Å². The Hall–Kier alpha value is -2.78. The van der Waals surface area contributed by atoms with Crippen LogP contribution in [0.2, 0.25) is 0 Å². The van der Waals surface area contributed by atoms with Crippen LogP contribution in [0.1, 0.15) is 6.92 Å². The maximum Gasteiger partial charge on any atom is 0.415 e. The Balaban J connectivity index is 2.28. The van der Waals surface area contributed by atoms with Gasteiger partial charge in [-0.1, -0.05) is 0 Å². The number of amides is 2. The van der Waals surface area contributed by atoms with Gasteiger partial charge < -0.3 is 10.1 Å². The standard InChI is InChI=1S/C12H11F2N3O5/c1-6(18)15-4-7-5-16(12(19)22-7)10-2-8(13)9(14)3-11(10)17(20)21/h2-3,7H,4-5H2,1H3,(H,15,18)/t7-/m0/s1. The molecule has 2 amide bonds. The van der Waals surface area contributed by atoms with Crippen LogP contribution in [0.15, 0.2) is 12.1 Å². The van der Waals surface area contributed by atoms with Crippen molar-refractivity contribution in [3.63, 3.8) is 0 Å². The molecule has 1 aromatic carbocycles. The number of ether oxygens (including phenoxy) is 1. The highest BCUT2D eigenvalue weighted by molar-refractivity contribution is 5.92. The number of rotatable bonds is 4. The molecular formula is C12H11F2N3O5. The average molecular weight is 315 g/mol. The molecule has 0 radical (unpaired) electrons. The summed E-state index contributed by atoms with van der Waals surface area (Å²) in [5.41, 5.74) is -1.16. The predicted octanol–water partition coefficient (Wildman–Crippen LogP) is 1.33. The second-order valence-corrected chi connectivity index (χ2v) is 4.57. The lowest BCUT2D eigenvalue weighted by atomic mass is 10.2. The van der Waals surface area contributed by atoms with E-state index < -0.39 is 40.1 Å². The van der Waals surface area contributed by atoms with Crippen molar-refractivity contribution in [1.82, 2.24) is 5.32 Å². The van der Waals surface area contributed by atoms with Gasteiger partial charge in [-0.2, -0.15) is 0 Å². The van der Waals surface area contributed by atoms with Crippen molar-refractivity contribution in [3.05, 3.63) is 33.9 Å². The minimum Gasteiger partial charge on any atom is -0.442 e. The van der Waals surface area contributed by atoms with Crippen LogP contribution in [0.3, 0.4) is 0 Å². The molecule has 0 bridgehead atoms. The van der Waals surface area contributed by atoms with Crippen molar-refractivity contribution in [2.45, 2.75) is 13.0 Å². The van der Waals surface area contributed by atoms with E-state index in [1.165, 1.54) is 6.92 Å². The minimum absolute atomic E-state index is 0.00898. The largest absolute Gasteiger partial charge is 0.442 e. The molecule has 1 heterocycles. The van der Waals surface area contributed by atoms with Crippen LogP contribution in [0.4, 0.5) is 25.0 Å². The smallest absolute Gasteiger partial charge is 0.415 e. The Labute approximate surface area is 122 Å². The van der Waals surface area contributed by atoms with Gasteiger partial charge in [0.1, 0.15) is 11.8 Å². The Bertz CT molecular complexity index is 652. The topological polar surface area (TPSA) is 102 Å². The van der Waals surface area contributed by atoms with Gasteiger partial charge in [0.2, 0.25) is 5.91 Å². The van der Waals surface area contributed by atoms with Crippen LogP contribution >= 0.6 is 0 Å². The summed E-state index contributed by atoms with van der Waals surface area (Å²) in [7, 11) is 0. The van der Waals surface area contributed by atoms with Crippen LogP contribution in [-0.2, 0) is 9.53 Å². The zero-order chi connectivity index (χ0) is 16.4. The van der Waals surface area contributed by atoms with Crippen LogP contribution in [-0.4, -0.2) is 36.1 Å². The third-order valence-corrected chi connectivity index (χ3v) is 2.96. The number of hydrogen-bond acceptors (Lipinski definition) is 5. The number of halogens is 2. The molecule has 1 fully saturated rings. The number of nitrogens with one attached hydrogen (secondary N) is 1. The molecule has 22 heavy (non-hydrogen) atoms. The summed E-state index contributed by atoms with van der Waals surface area (Å²) in [6.07, 6.45) is -1.69. The molecule has 0 aromatic heterocycles.